The van der Waals surface area contributed by atoms with Gasteiger partial charge >= 0.3 is 5.97 Å². The van der Waals surface area contributed by atoms with Gasteiger partial charge in [-0.1, -0.05) is 44.2 Å². The number of benzene rings is 2. The first-order valence-electron chi connectivity index (χ1n) is 9.32. The molecule has 6 nitrogen and oxygen atoms in total. The van der Waals surface area contributed by atoms with Gasteiger partial charge in [-0.25, -0.2) is 0 Å². The highest BCUT2D eigenvalue weighted by atomic mass is 16.4. The average molecular weight is 382 g/mol. The predicted octanol–water partition coefficient (Wildman–Crippen LogP) is 3.49. The molecule has 0 aliphatic heterocycles. The summed E-state index contributed by atoms with van der Waals surface area (Å²) in [6.07, 6.45) is 0.888. The van der Waals surface area contributed by atoms with Gasteiger partial charge in [-0.2, -0.15) is 0 Å². The fourth-order valence-corrected chi connectivity index (χ4v) is 2.68. The summed E-state index contributed by atoms with van der Waals surface area (Å²) in [4.78, 5) is 35.3. The molecule has 0 aliphatic carbocycles. The summed E-state index contributed by atoms with van der Waals surface area (Å²) in [5.41, 5.74) is 2.11. The first-order valence-corrected chi connectivity index (χ1v) is 9.32. The Hall–Kier alpha value is -3.15. The molecule has 28 heavy (non-hydrogen) atoms. The number of aliphatic carboxylic acids is 1. The van der Waals surface area contributed by atoms with Gasteiger partial charge in [0.05, 0.1) is 0 Å². The number of nitrogens with one attached hydrogen (secondary N) is 2. The summed E-state index contributed by atoms with van der Waals surface area (Å²) in [6, 6.07) is 16.0. The number of carbonyl (C=O) groups excluding carboxylic acids is 2. The number of carbonyl (C=O) groups is 3. The van der Waals surface area contributed by atoms with Crippen LogP contribution in [-0.4, -0.2) is 28.9 Å². The second kappa shape index (κ2) is 10.3. The SMILES string of the molecule is CC(C)C(=O)Nc1ccc(C(=O)NC(CCC(=O)O)Cc2ccccc2)cc1. The molecule has 0 saturated carbocycles. The normalized spacial score (nSPS) is 11.7. The molecule has 0 radical (unpaired) electrons. The van der Waals surface area contributed by atoms with Gasteiger partial charge in [-0.05, 0) is 42.7 Å². The van der Waals surface area contributed by atoms with Crippen LogP contribution in [0.15, 0.2) is 54.6 Å². The van der Waals surface area contributed by atoms with Crippen molar-refractivity contribution in [3.63, 3.8) is 0 Å². The molecule has 2 aromatic rings. The van der Waals surface area contributed by atoms with E-state index in [0.29, 0.717) is 24.1 Å². The van der Waals surface area contributed by atoms with E-state index in [0.717, 1.165) is 5.56 Å². The van der Waals surface area contributed by atoms with Crippen molar-refractivity contribution in [1.29, 1.82) is 0 Å². The van der Waals surface area contributed by atoms with Crippen LogP contribution in [0.2, 0.25) is 0 Å². The van der Waals surface area contributed by atoms with Crippen LogP contribution in [0.4, 0.5) is 5.69 Å². The van der Waals surface area contributed by atoms with Gasteiger partial charge in [0.1, 0.15) is 0 Å². The van der Waals surface area contributed by atoms with E-state index >= 15 is 0 Å². The minimum Gasteiger partial charge on any atom is -0.481 e. The first-order chi connectivity index (χ1) is 13.3. The summed E-state index contributed by atoms with van der Waals surface area (Å²) in [5.74, 6) is -1.38. The van der Waals surface area contributed by atoms with Gasteiger partial charge in [0, 0.05) is 29.6 Å². The summed E-state index contributed by atoms with van der Waals surface area (Å²) < 4.78 is 0. The lowest BCUT2D eigenvalue weighted by atomic mass is 10.0. The molecule has 3 N–H and O–H groups in total. The van der Waals surface area contributed by atoms with Gasteiger partial charge in [0.25, 0.3) is 5.91 Å². The van der Waals surface area contributed by atoms with E-state index in [1.54, 1.807) is 38.1 Å². The summed E-state index contributed by atoms with van der Waals surface area (Å²) in [5, 5.41) is 14.7. The van der Waals surface area contributed by atoms with Crippen LogP contribution in [0.3, 0.4) is 0 Å². The Labute approximate surface area is 165 Å². The maximum atomic E-state index is 12.6. The molecule has 0 aromatic heterocycles. The largest absolute Gasteiger partial charge is 0.481 e. The molecule has 0 fully saturated rings. The third-order valence-electron chi connectivity index (χ3n) is 4.31. The van der Waals surface area contributed by atoms with Crippen molar-refractivity contribution in [2.24, 2.45) is 5.92 Å². The fraction of sp³-hybridized carbons (Fsp3) is 0.318. The van der Waals surface area contributed by atoms with E-state index in [1.807, 2.05) is 30.3 Å². The molecule has 0 bridgehead atoms. The van der Waals surface area contributed by atoms with Crippen LogP contribution in [0.1, 0.15) is 42.6 Å². The fourth-order valence-electron chi connectivity index (χ4n) is 2.68. The summed E-state index contributed by atoms with van der Waals surface area (Å²) >= 11 is 0. The Kier molecular flexibility index (Phi) is 7.75. The van der Waals surface area contributed by atoms with Crippen LogP contribution in [0.5, 0.6) is 0 Å². The molecule has 0 saturated heterocycles. The van der Waals surface area contributed by atoms with Crippen LogP contribution >= 0.6 is 0 Å². The summed E-state index contributed by atoms with van der Waals surface area (Å²) in [7, 11) is 0. The summed E-state index contributed by atoms with van der Waals surface area (Å²) in [6.45, 7) is 3.61. The highest BCUT2D eigenvalue weighted by Gasteiger charge is 2.16. The topological polar surface area (TPSA) is 95.5 Å². The standard InChI is InChI=1S/C22H26N2O4/c1-15(2)21(27)23-18-10-8-17(9-11-18)22(28)24-19(12-13-20(25)26)14-16-6-4-3-5-7-16/h3-11,15,19H,12-14H2,1-2H3,(H,23,27)(H,24,28)(H,25,26). The maximum absolute atomic E-state index is 12.6. The molecule has 2 amide bonds. The van der Waals surface area contributed by atoms with Gasteiger partial charge in [-0.3, -0.25) is 14.4 Å². The molecule has 0 aliphatic rings. The monoisotopic (exact) mass is 382 g/mol. The molecular weight excluding hydrogens is 356 g/mol. The van der Waals surface area contributed by atoms with Crippen molar-refractivity contribution in [1.82, 2.24) is 5.32 Å². The predicted molar refractivity (Wildman–Crippen MR) is 108 cm³/mol. The van der Waals surface area contributed by atoms with E-state index in [-0.39, 0.29) is 30.2 Å². The third-order valence-corrected chi connectivity index (χ3v) is 4.31. The smallest absolute Gasteiger partial charge is 0.303 e. The molecule has 2 aromatic carbocycles. The number of hydrogen-bond acceptors (Lipinski definition) is 3. The van der Waals surface area contributed by atoms with Crippen LogP contribution < -0.4 is 10.6 Å². The molecule has 0 spiro atoms. The first kappa shape index (κ1) is 21.2. The van der Waals surface area contributed by atoms with E-state index < -0.39 is 5.97 Å². The third kappa shape index (κ3) is 6.87. The van der Waals surface area contributed by atoms with Crippen LogP contribution in [-0.2, 0) is 16.0 Å². The van der Waals surface area contributed by atoms with Gasteiger partial charge < -0.3 is 15.7 Å². The van der Waals surface area contributed by atoms with Gasteiger partial charge in [0.2, 0.25) is 5.91 Å². The highest BCUT2D eigenvalue weighted by molar-refractivity contribution is 5.96. The second-order valence-corrected chi connectivity index (χ2v) is 7.01. The number of hydrogen-bond donors (Lipinski definition) is 3. The number of rotatable bonds is 9. The quantitative estimate of drug-likeness (QED) is 0.619. The lowest BCUT2D eigenvalue weighted by molar-refractivity contribution is -0.137. The van der Waals surface area contributed by atoms with E-state index in [1.165, 1.54) is 0 Å². The van der Waals surface area contributed by atoms with Crippen molar-refractivity contribution in [3.8, 4) is 0 Å². The molecule has 1 atom stereocenters. The number of carboxylic acid groups (broad SMARTS) is 1. The zero-order valence-corrected chi connectivity index (χ0v) is 16.1. The number of anilines is 1. The zero-order valence-electron chi connectivity index (χ0n) is 16.1. The van der Waals surface area contributed by atoms with Crippen molar-refractivity contribution in [2.75, 3.05) is 5.32 Å². The lowest BCUT2D eigenvalue weighted by Crippen LogP contribution is -2.36. The molecule has 1 unspecified atom stereocenters. The maximum Gasteiger partial charge on any atom is 0.303 e. The molecular formula is C22H26N2O4. The Morgan fingerprint density at radius 3 is 2.18 bits per heavy atom. The number of carboxylic acids is 1. The van der Waals surface area contributed by atoms with Crippen molar-refractivity contribution >= 4 is 23.5 Å². The Morgan fingerprint density at radius 2 is 1.61 bits per heavy atom. The van der Waals surface area contributed by atoms with Crippen LogP contribution in [0.25, 0.3) is 0 Å². The van der Waals surface area contributed by atoms with Crippen LogP contribution in [0, 0.1) is 5.92 Å². The lowest BCUT2D eigenvalue weighted by Gasteiger charge is -2.18. The van der Waals surface area contributed by atoms with E-state index in [2.05, 4.69) is 10.6 Å². The van der Waals surface area contributed by atoms with E-state index in [9.17, 15) is 14.4 Å². The highest BCUT2D eigenvalue weighted by Crippen LogP contribution is 2.13. The van der Waals surface area contributed by atoms with E-state index in [4.69, 9.17) is 5.11 Å². The second-order valence-electron chi connectivity index (χ2n) is 7.01. The molecule has 0 heterocycles. The number of amides is 2. The Bertz CT molecular complexity index is 801. The Morgan fingerprint density at radius 1 is 0.964 bits per heavy atom. The zero-order chi connectivity index (χ0) is 20.5. The van der Waals surface area contributed by atoms with Crippen molar-refractivity contribution in [3.05, 3.63) is 65.7 Å². The Balaban J connectivity index is 2.02. The van der Waals surface area contributed by atoms with Gasteiger partial charge in [-0.15, -0.1) is 0 Å². The van der Waals surface area contributed by atoms with Crippen molar-refractivity contribution < 1.29 is 19.5 Å². The molecule has 2 rings (SSSR count). The molecule has 148 valence electrons. The average Bonchev–Trinajstić information content (AvgIpc) is 2.67. The van der Waals surface area contributed by atoms with Gasteiger partial charge in [0.15, 0.2) is 0 Å². The minimum atomic E-state index is -0.891. The molecule has 6 heteroatoms. The minimum absolute atomic E-state index is 0.0159. The van der Waals surface area contributed by atoms with Crippen molar-refractivity contribution in [2.45, 2.75) is 39.2 Å².